The van der Waals surface area contributed by atoms with Crippen LogP contribution in [0, 0.1) is 0 Å². The number of hydrogen-bond donors (Lipinski definition) is 1. The Morgan fingerprint density at radius 3 is 2.37 bits per heavy atom. The maximum atomic E-state index is 12.3. The first kappa shape index (κ1) is 18.7. The Hall–Kier alpha value is -3.04. The van der Waals surface area contributed by atoms with Crippen molar-refractivity contribution in [2.45, 2.75) is 17.9 Å². The molecule has 27 heavy (non-hydrogen) atoms. The fourth-order valence-electron chi connectivity index (χ4n) is 2.26. The molecule has 0 fully saturated rings. The average molecular weight is 387 g/mol. The van der Waals surface area contributed by atoms with Crippen LogP contribution in [-0.2, 0) is 14.8 Å². The Labute approximate surface area is 156 Å². The lowest BCUT2D eigenvalue weighted by atomic mass is 10.2. The average Bonchev–Trinajstić information content (AvgIpc) is 3.19. The molecule has 0 aliphatic heterocycles. The molecule has 1 aromatic heterocycles. The van der Waals surface area contributed by atoms with Crippen molar-refractivity contribution in [2.24, 2.45) is 0 Å². The molecular weight excluding hydrogens is 370 g/mol. The van der Waals surface area contributed by atoms with Gasteiger partial charge in [-0.05, 0) is 50.4 Å². The Morgan fingerprint density at radius 1 is 1.07 bits per heavy atom. The molecule has 3 aromatic rings. The van der Waals surface area contributed by atoms with E-state index in [1.54, 1.807) is 6.92 Å². The van der Waals surface area contributed by atoms with Crippen LogP contribution in [0.25, 0.3) is 11.5 Å². The van der Waals surface area contributed by atoms with Gasteiger partial charge in [0, 0.05) is 5.56 Å². The molecule has 3 rings (SSSR count). The lowest BCUT2D eigenvalue weighted by molar-refractivity contribution is 0.0279. The summed E-state index contributed by atoms with van der Waals surface area (Å²) in [5, 5.41) is 7.87. The minimum atomic E-state index is -3.57. The largest absolute Gasteiger partial charge is 0.449 e. The number of esters is 1. The van der Waals surface area contributed by atoms with Crippen LogP contribution in [0.2, 0.25) is 0 Å². The van der Waals surface area contributed by atoms with Crippen molar-refractivity contribution in [2.75, 3.05) is 7.05 Å². The van der Waals surface area contributed by atoms with E-state index in [0.717, 1.165) is 5.56 Å². The van der Waals surface area contributed by atoms with E-state index in [-0.39, 0.29) is 16.3 Å². The van der Waals surface area contributed by atoms with E-state index < -0.39 is 22.1 Å². The van der Waals surface area contributed by atoms with Gasteiger partial charge in [-0.3, -0.25) is 0 Å². The third-order valence-corrected chi connectivity index (χ3v) is 5.19. The van der Waals surface area contributed by atoms with E-state index in [9.17, 15) is 13.2 Å². The molecule has 0 spiro atoms. The highest BCUT2D eigenvalue weighted by atomic mass is 32.2. The van der Waals surface area contributed by atoms with Crippen LogP contribution in [0.3, 0.4) is 0 Å². The van der Waals surface area contributed by atoms with Crippen LogP contribution in [0.15, 0.2) is 63.9 Å². The van der Waals surface area contributed by atoms with Gasteiger partial charge in [0.25, 0.3) is 5.89 Å². The summed E-state index contributed by atoms with van der Waals surface area (Å²) >= 11 is 0. The molecule has 8 nitrogen and oxygen atoms in total. The fourth-order valence-corrected chi connectivity index (χ4v) is 2.99. The quantitative estimate of drug-likeness (QED) is 0.647. The van der Waals surface area contributed by atoms with E-state index in [1.807, 2.05) is 30.3 Å². The van der Waals surface area contributed by atoms with Gasteiger partial charge in [0.15, 0.2) is 6.10 Å². The van der Waals surface area contributed by atoms with Crippen LogP contribution >= 0.6 is 0 Å². The first-order valence-corrected chi connectivity index (χ1v) is 9.52. The van der Waals surface area contributed by atoms with Crippen LogP contribution in [0.4, 0.5) is 0 Å². The zero-order chi connectivity index (χ0) is 19.4. The molecule has 1 atom stereocenters. The molecule has 9 heteroatoms. The zero-order valence-corrected chi connectivity index (χ0v) is 15.4. The normalized spacial score (nSPS) is 12.5. The van der Waals surface area contributed by atoms with E-state index in [0.29, 0.717) is 5.89 Å². The van der Waals surface area contributed by atoms with Gasteiger partial charge in [-0.2, -0.15) is 0 Å². The van der Waals surface area contributed by atoms with Gasteiger partial charge in [-0.1, -0.05) is 18.2 Å². The number of sulfonamides is 1. The minimum Gasteiger partial charge on any atom is -0.449 e. The van der Waals surface area contributed by atoms with Gasteiger partial charge in [-0.25, -0.2) is 17.9 Å². The summed E-state index contributed by atoms with van der Waals surface area (Å²) in [6.45, 7) is 1.61. The van der Waals surface area contributed by atoms with Gasteiger partial charge in [0.05, 0.1) is 10.5 Å². The van der Waals surface area contributed by atoms with Crippen molar-refractivity contribution in [1.82, 2.24) is 14.9 Å². The summed E-state index contributed by atoms with van der Waals surface area (Å²) in [5.41, 5.74) is 0.968. The molecule has 2 aromatic carbocycles. The Balaban J connectivity index is 1.70. The third-order valence-electron chi connectivity index (χ3n) is 3.76. The molecule has 0 saturated carbocycles. The monoisotopic (exact) mass is 387 g/mol. The highest BCUT2D eigenvalue weighted by Crippen LogP contribution is 2.23. The molecule has 0 bridgehead atoms. The topological polar surface area (TPSA) is 111 Å². The van der Waals surface area contributed by atoms with Crippen molar-refractivity contribution < 1.29 is 22.4 Å². The van der Waals surface area contributed by atoms with E-state index in [2.05, 4.69) is 14.9 Å². The summed E-state index contributed by atoms with van der Waals surface area (Å²) in [7, 11) is -2.25. The zero-order valence-electron chi connectivity index (χ0n) is 14.6. The molecule has 1 heterocycles. The predicted octanol–water partition coefficient (Wildman–Crippen LogP) is 2.56. The maximum absolute atomic E-state index is 12.3. The lowest BCUT2D eigenvalue weighted by Crippen LogP contribution is -2.18. The highest BCUT2D eigenvalue weighted by molar-refractivity contribution is 7.89. The molecular formula is C18H17N3O5S. The molecule has 1 unspecified atom stereocenters. The molecule has 1 N–H and O–H groups in total. The maximum Gasteiger partial charge on any atom is 0.338 e. The minimum absolute atomic E-state index is 0.0546. The van der Waals surface area contributed by atoms with Gasteiger partial charge >= 0.3 is 5.97 Å². The van der Waals surface area contributed by atoms with Gasteiger partial charge in [0.2, 0.25) is 15.9 Å². The number of nitrogens with one attached hydrogen (secondary N) is 1. The Bertz CT molecular complexity index is 1030. The first-order chi connectivity index (χ1) is 12.9. The van der Waals surface area contributed by atoms with Crippen molar-refractivity contribution in [1.29, 1.82) is 0 Å². The molecule has 0 amide bonds. The van der Waals surface area contributed by atoms with Crippen LogP contribution in [0.5, 0.6) is 0 Å². The highest BCUT2D eigenvalue weighted by Gasteiger charge is 2.20. The number of aromatic nitrogens is 2. The Morgan fingerprint density at radius 2 is 1.74 bits per heavy atom. The second-order valence-electron chi connectivity index (χ2n) is 5.59. The SMILES string of the molecule is CNS(=O)(=O)c1ccc(C(=O)OC(C)c2nnc(-c3ccccc3)o2)cc1. The molecule has 0 aliphatic carbocycles. The van der Waals surface area contributed by atoms with Gasteiger partial charge in [-0.15, -0.1) is 10.2 Å². The summed E-state index contributed by atoms with van der Waals surface area (Å²) in [6.07, 6.45) is -0.761. The summed E-state index contributed by atoms with van der Waals surface area (Å²) in [5.74, 6) is -0.137. The Kier molecular flexibility index (Phi) is 5.33. The van der Waals surface area contributed by atoms with Crippen molar-refractivity contribution >= 4 is 16.0 Å². The lowest BCUT2D eigenvalue weighted by Gasteiger charge is -2.10. The number of rotatable bonds is 6. The van der Waals surface area contributed by atoms with Gasteiger partial charge < -0.3 is 9.15 Å². The van der Waals surface area contributed by atoms with E-state index >= 15 is 0 Å². The first-order valence-electron chi connectivity index (χ1n) is 8.04. The van der Waals surface area contributed by atoms with E-state index in [4.69, 9.17) is 9.15 Å². The van der Waals surface area contributed by atoms with Crippen molar-refractivity contribution in [3.63, 3.8) is 0 Å². The standard InChI is InChI=1S/C18H17N3O5S/c1-12(16-20-21-17(26-16)13-6-4-3-5-7-13)25-18(22)14-8-10-15(11-9-14)27(23,24)19-2/h3-12,19H,1-2H3. The van der Waals surface area contributed by atoms with Crippen molar-refractivity contribution in [3.8, 4) is 11.5 Å². The fraction of sp³-hybridized carbons (Fsp3) is 0.167. The number of hydrogen-bond acceptors (Lipinski definition) is 7. The summed E-state index contributed by atoms with van der Waals surface area (Å²) < 4.78 is 36.5. The number of carbonyl (C=O) groups excluding carboxylic acids is 1. The number of carbonyl (C=O) groups is 1. The second kappa shape index (κ2) is 7.68. The van der Waals surface area contributed by atoms with Gasteiger partial charge in [0.1, 0.15) is 0 Å². The number of benzene rings is 2. The summed E-state index contributed by atoms with van der Waals surface area (Å²) in [4.78, 5) is 12.3. The molecule has 0 saturated heterocycles. The molecule has 0 radical (unpaired) electrons. The molecule has 0 aliphatic rings. The number of ether oxygens (including phenoxy) is 1. The molecule has 140 valence electrons. The van der Waals surface area contributed by atoms with Crippen LogP contribution in [-0.4, -0.2) is 31.6 Å². The summed E-state index contributed by atoms with van der Waals surface area (Å²) in [6, 6.07) is 14.6. The third kappa shape index (κ3) is 4.21. The second-order valence-corrected chi connectivity index (χ2v) is 7.48. The predicted molar refractivity (Wildman–Crippen MR) is 96.3 cm³/mol. The number of nitrogens with zero attached hydrogens (tertiary/aromatic N) is 2. The van der Waals surface area contributed by atoms with Crippen molar-refractivity contribution in [3.05, 3.63) is 66.1 Å². The van der Waals surface area contributed by atoms with Crippen LogP contribution in [0.1, 0.15) is 29.3 Å². The smallest absolute Gasteiger partial charge is 0.338 e. The van der Waals surface area contributed by atoms with Crippen LogP contribution < -0.4 is 4.72 Å². The van der Waals surface area contributed by atoms with E-state index in [1.165, 1.54) is 31.3 Å².